The molecular formula is C39H42F6O2. The largest absolute Gasteiger partial charge is 0.573 e. The smallest absolute Gasteiger partial charge is 0.406 e. The number of aryl methyl sites for hydroxylation is 8. The van der Waals surface area contributed by atoms with Gasteiger partial charge < -0.3 is 9.47 Å². The molecule has 8 heteroatoms. The molecule has 0 aliphatic carbocycles. The van der Waals surface area contributed by atoms with Gasteiger partial charge in [-0.3, -0.25) is 0 Å². The number of alkyl halides is 6. The van der Waals surface area contributed by atoms with Gasteiger partial charge in [0.1, 0.15) is 11.5 Å². The lowest BCUT2D eigenvalue weighted by Gasteiger charge is -2.16. The minimum Gasteiger partial charge on any atom is -0.406 e. The lowest BCUT2D eigenvalue weighted by Crippen LogP contribution is -2.17. The standard InChI is InChI=1S/C39H42F6O2/c1-24-22-32(14-16-34(24)46-38(40,41)42)36-26(3)18-30(19-27(36)4)12-10-8-7-9-11-13-31-20-28(5)37(29(6)21-31)33-15-17-35(25(2)23-33)47-39(43,44)45/h14-23H,7-13H2,1-6H3. The summed E-state index contributed by atoms with van der Waals surface area (Å²) in [6, 6.07) is 18.3. The molecule has 0 fully saturated rings. The zero-order valence-electron chi connectivity index (χ0n) is 27.8. The van der Waals surface area contributed by atoms with Crippen LogP contribution in [0.4, 0.5) is 26.3 Å². The van der Waals surface area contributed by atoms with Crippen molar-refractivity contribution in [3.05, 3.63) is 105 Å². The maximum absolute atomic E-state index is 12.7. The van der Waals surface area contributed by atoms with Crippen LogP contribution >= 0.6 is 0 Å². The Balaban J connectivity index is 1.25. The van der Waals surface area contributed by atoms with E-state index < -0.39 is 12.7 Å². The highest BCUT2D eigenvalue weighted by Crippen LogP contribution is 2.35. The van der Waals surface area contributed by atoms with Gasteiger partial charge in [0.05, 0.1) is 0 Å². The molecule has 0 amide bonds. The second kappa shape index (κ2) is 14.9. The number of ether oxygens (including phenoxy) is 2. The van der Waals surface area contributed by atoms with E-state index >= 15 is 0 Å². The molecule has 0 aliphatic rings. The molecule has 0 aliphatic heterocycles. The Hall–Kier alpha value is -3.94. The SMILES string of the molecule is Cc1cc(-c2c(C)cc(CCCCCCCc3cc(C)c(-c4ccc(OC(F)(F)F)c(C)c4)c(C)c3)cc2C)ccc1OC(F)(F)F. The van der Waals surface area contributed by atoms with E-state index in [0.29, 0.717) is 11.1 Å². The van der Waals surface area contributed by atoms with E-state index in [1.54, 1.807) is 38.1 Å². The fourth-order valence-electron chi connectivity index (χ4n) is 6.58. The van der Waals surface area contributed by atoms with Gasteiger partial charge in [0.2, 0.25) is 0 Å². The van der Waals surface area contributed by atoms with Gasteiger partial charge in [-0.1, -0.05) is 55.7 Å². The second-order valence-electron chi connectivity index (χ2n) is 12.5. The molecule has 0 unspecified atom stereocenters. The highest BCUT2D eigenvalue weighted by atomic mass is 19.4. The summed E-state index contributed by atoms with van der Waals surface area (Å²) in [6.07, 6.45) is -1.92. The molecule has 0 aromatic heterocycles. The maximum atomic E-state index is 12.7. The number of unbranched alkanes of at least 4 members (excludes halogenated alkanes) is 4. The number of halogens is 6. The van der Waals surface area contributed by atoms with Crippen LogP contribution in [0.5, 0.6) is 11.5 Å². The van der Waals surface area contributed by atoms with Crippen molar-refractivity contribution in [3.63, 3.8) is 0 Å². The predicted octanol–water partition coefficient (Wildman–Crippen LogP) is 12.4. The molecule has 0 spiro atoms. The third-order valence-corrected chi connectivity index (χ3v) is 8.49. The zero-order chi connectivity index (χ0) is 34.5. The van der Waals surface area contributed by atoms with Crippen LogP contribution in [0.2, 0.25) is 0 Å². The molecular weight excluding hydrogens is 614 g/mol. The van der Waals surface area contributed by atoms with Crippen molar-refractivity contribution in [3.8, 4) is 33.8 Å². The van der Waals surface area contributed by atoms with Crippen LogP contribution in [0.25, 0.3) is 22.3 Å². The summed E-state index contributed by atoms with van der Waals surface area (Å²) in [5, 5.41) is 0. The Labute approximate surface area is 273 Å². The van der Waals surface area contributed by atoms with E-state index in [0.717, 1.165) is 89.5 Å². The summed E-state index contributed by atoms with van der Waals surface area (Å²) >= 11 is 0. The third-order valence-electron chi connectivity index (χ3n) is 8.49. The number of rotatable bonds is 12. The van der Waals surface area contributed by atoms with Gasteiger partial charge in [-0.05, 0) is 158 Å². The Morgan fingerprint density at radius 1 is 0.426 bits per heavy atom. The molecule has 4 aromatic rings. The Kier molecular flexibility index (Phi) is 11.4. The highest BCUT2D eigenvalue weighted by Gasteiger charge is 2.32. The molecule has 252 valence electrons. The molecule has 0 bridgehead atoms. The average molecular weight is 657 g/mol. The summed E-state index contributed by atoms with van der Waals surface area (Å²) in [5.74, 6) is -0.367. The summed E-state index contributed by atoms with van der Waals surface area (Å²) in [7, 11) is 0. The molecule has 0 saturated carbocycles. The number of hydrogen-bond acceptors (Lipinski definition) is 2. The molecule has 0 N–H and O–H groups in total. The van der Waals surface area contributed by atoms with Crippen LogP contribution in [-0.4, -0.2) is 12.7 Å². The number of hydrogen-bond donors (Lipinski definition) is 0. The van der Waals surface area contributed by atoms with Gasteiger partial charge in [0.25, 0.3) is 0 Å². The van der Waals surface area contributed by atoms with E-state index in [1.165, 1.54) is 23.3 Å². The molecule has 0 radical (unpaired) electrons. The number of benzene rings is 4. The van der Waals surface area contributed by atoms with Gasteiger partial charge in [0, 0.05) is 0 Å². The first-order valence-corrected chi connectivity index (χ1v) is 15.9. The molecule has 47 heavy (non-hydrogen) atoms. The van der Waals surface area contributed by atoms with E-state index in [1.807, 2.05) is 27.7 Å². The van der Waals surface area contributed by atoms with Crippen molar-refractivity contribution in [2.75, 3.05) is 0 Å². The lowest BCUT2D eigenvalue weighted by molar-refractivity contribution is -0.275. The van der Waals surface area contributed by atoms with Crippen molar-refractivity contribution < 1.29 is 35.8 Å². The molecule has 4 aromatic carbocycles. The van der Waals surface area contributed by atoms with Crippen LogP contribution < -0.4 is 9.47 Å². The Bertz CT molecular complexity index is 1530. The van der Waals surface area contributed by atoms with Crippen LogP contribution in [0, 0.1) is 41.5 Å². The molecule has 2 nitrogen and oxygen atoms in total. The predicted molar refractivity (Wildman–Crippen MR) is 176 cm³/mol. The van der Waals surface area contributed by atoms with Gasteiger partial charge in [-0.2, -0.15) is 0 Å². The first-order chi connectivity index (χ1) is 22.0. The first kappa shape index (κ1) is 35.9. The van der Waals surface area contributed by atoms with Gasteiger partial charge >= 0.3 is 12.7 Å². The van der Waals surface area contributed by atoms with Crippen molar-refractivity contribution in [1.29, 1.82) is 0 Å². The second-order valence-corrected chi connectivity index (χ2v) is 12.5. The molecule has 0 atom stereocenters. The fourth-order valence-corrected chi connectivity index (χ4v) is 6.58. The summed E-state index contributed by atoms with van der Waals surface area (Å²) < 4.78 is 84.2. The van der Waals surface area contributed by atoms with E-state index in [2.05, 4.69) is 33.7 Å². The summed E-state index contributed by atoms with van der Waals surface area (Å²) in [4.78, 5) is 0. The Morgan fingerprint density at radius 2 is 0.745 bits per heavy atom. The van der Waals surface area contributed by atoms with Crippen molar-refractivity contribution >= 4 is 0 Å². The van der Waals surface area contributed by atoms with Crippen molar-refractivity contribution in [1.82, 2.24) is 0 Å². The average Bonchev–Trinajstić information content (AvgIpc) is 2.93. The molecule has 4 rings (SSSR count). The van der Waals surface area contributed by atoms with Crippen LogP contribution in [-0.2, 0) is 12.8 Å². The van der Waals surface area contributed by atoms with E-state index in [9.17, 15) is 26.3 Å². The first-order valence-electron chi connectivity index (χ1n) is 15.9. The van der Waals surface area contributed by atoms with Crippen LogP contribution in [0.1, 0.15) is 76.6 Å². The quantitative estimate of drug-likeness (QED) is 0.112. The maximum Gasteiger partial charge on any atom is 0.573 e. The Morgan fingerprint density at radius 3 is 1.04 bits per heavy atom. The summed E-state index contributed by atoms with van der Waals surface area (Å²) in [6.45, 7) is 11.4. The van der Waals surface area contributed by atoms with Crippen molar-refractivity contribution in [2.45, 2.75) is 99.2 Å². The monoisotopic (exact) mass is 656 g/mol. The van der Waals surface area contributed by atoms with Gasteiger partial charge in [-0.15, -0.1) is 26.3 Å². The van der Waals surface area contributed by atoms with E-state index in [-0.39, 0.29) is 11.5 Å². The topological polar surface area (TPSA) is 18.5 Å². The van der Waals surface area contributed by atoms with E-state index in [4.69, 9.17) is 0 Å². The normalized spacial score (nSPS) is 12.0. The minimum absolute atomic E-state index is 0.183. The summed E-state index contributed by atoms with van der Waals surface area (Å²) in [5.41, 5.74) is 11.6. The zero-order valence-corrected chi connectivity index (χ0v) is 27.8. The lowest BCUT2D eigenvalue weighted by atomic mass is 9.91. The minimum atomic E-state index is -4.72. The molecule has 0 heterocycles. The molecule has 0 saturated heterocycles. The van der Waals surface area contributed by atoms with Crippen molar-refractivity contribution in [2.24, 2.45) is 0 Å². The highest BCUT2D eigenvalue weighted by molar-refractivity contribution is 5.73. The fraction of sp³-hybridized carbons (Fsp3) is 0.385. The van der Waals surface area contributed by atoms with Gasteiger partial charge in [0.15, 0.2) is 0 Å². The van der Waals surface area contributed by atoms with Gasteiger partial charge in [-0.25, -0.2) is 0 Å². The van der Waals surface area contributed by atoms with Crippen LogP contribution in [0.3, 0.4) is 0 Å². The van der Waals surface area contributed by atoms with Crippen LogP contribution in [0.15, 0.2) is 60.7 Å². The third kappa shape index (κ3) is 10.0.